The van der Waals surface area contributed by atoms with Crippen molar-refractivity contribution in [1.29, 1.82) is 0 Å². The molecule has 2 N–H and O–H groups in total. The largest absolute Gasteiger partial charge is 0.367 e. The van der Waals surface area contributed by atoms with Gasteiger partial charge in [-0.1, -0.05) is 36.2 Å². The van der Waals surface area contributed by atoms with Crippen LogP contribution in [0.5, 0.6) is 0 Å². The molecule has 0 spiro atoms. The van der Waals surface area contributed by atoms with Gasteiger partial charge in [-0.15, -0.1) is 0 Å². The lowest BCUT2D eigenvalue weighted by Crippen LogP contribution is -2.39. The Hall–Kier alpha value is -2.77. The molecule has 2 unspecified atom stereocenters. The lowest BCUT2D eigenvalue weighted by atomic mass is 9.90. The number of nitrogens with zero attached hydrogens (tertiary/aromatic N) is 4. The van der Waals surface area contributed by atoms with Crippen molar-refractivity contribution in [3.63, 3.8) is 0 Å². The summed E-state index contributed by atoms with van der Waals surface area (Å²) in [5, 5.41) is 4.59. The van der Waals surface area contributed by atoms with Gasteiger partial charge in [0.15, 0.2) is 17.5 Å². The average molecular weight is 481 g/mol. The second kappa shape index (κ2) is 9.84. The molecule has 3 aromatic heterocycles. The fourth-order valence-electron chi connectivity index (χ4n) is 4.86. The van der Waals surface area contributed by atoms with Gasteiger partial charge in [-0.25, -0.2) is 19.3 Å². The second-order valence-electron chi connectivity index (χ2n) is 9.57. The number of pyridine rings is 1. The summed E-state index contributed by atoms with van der Waals surface area (Å²) in [7, 11) is 0. The summed E-state index contributed by atoms with van der Waals surface area (Å²) in [4.78, 5) is 18.6. The monoisotopic (exact) mass is 480 g/mol. The van der Waals surface area contributed by atoms with E-state index in [1.165, 1.54) is 17.3 Å². The number of allylic oxidation sites excluding steroid dienone is 2. The molecule has 8 heteroatoms. The zero-order valence-electron chi connectivity index (χ0n) is 19.6. The Balaban J connectivity index is 1.25. The zero-order valence-corrected chi connectivity index (χ0v) is 20.4. The lowest BCUT2D eigenvalue weighted by Gasteiger charge is -2.34. The Kier molecular flexibility index (Phi) is 6.66. The fraction of sp³-hybridized carbons (Fsp3) is 0.423. The molecule has 0 aromatic carbocycles. The first-order chi connectivity index (χ1) is 16.5. The predicted octanol–water partition coefficient (Wildman–Crippen LogP) is 5.85. The standard InChI is InChI=1S/C26H30ClFN6/c1-16-5-6-18(8-17(16)2)14-34-7-3-4-19(15-34)10-29-26-23(28)13-32-25(33-26)22-12-31-24-21(22)9-20(27)11-30-24/h6,8-9,11-13,16,19H,3-5,7,10,14-15H2,1-2H3,(H,30,31)(H,29,32,33). The molecule has 2 aliphatic rings. The zero-order chi connectivity index (χ0) is 23.7. The summed E-state index contributed by atoms with van der Waals surface area (Å²) in [6.07, 6.45) is 12.7. The van der Waals surface area contributed by atoms with Gasteiger partial charge in [0, 0.05) is 43.0 Å². The molecule has 0 radical (unpaired) electrons. The van der Waals surface area contributed by atoms with Gasteiger partial charge in [0.05, 0.1) is 11.2 Å². The Bertz CT molecular complexity index is 1250. The fourth-order valence-corrected chi connectivity index (χ4v) is 5.02. The highest BCUT2D eigenvalue weighted by Crippen LogP contribution is 2.29. The van der Waals surface area contributed by atoms with Crippen molar-refractivity contribution in [3.8, 4) is 11.4 Å². The van der Waals surface area contributed by atoms with E-state index in [0.717, 1.165) is 49.8 Å². The molecular formula is C26H30ClFN6. The second-order valence-corrected chi connectivity index (χ2v) is 10.0. The van der Waals surface area contributed by atoms with Crippen LogP contribution in [-0.2, 0) is 0 Å². The van der Waals surface area contributed by atoms with Crippen molar-refractivity contribution < 1.29 is 4.39 Å². The molecule has 1 aliphatic heterocycles. The average Bonchev–Trinajstić information content (AvgIpc) is 3.24. The van der Waals surface area contributed by atoms with E-state index in [-0.39, 0.29) is 5.82 Å². The molecule has 1 aliphatic carbocycles. The number of rotatable bonds is 6. The van der Waals surface area contributed by atoms with Crippen LogP contribution in [0.15, 0.2) is 48.0 Å². The highest BCUT2D eigenvalue weighted by Gasteiger charge is 2.22. The third kappa shape index (κ3) is 5.00. The molecule has 0 amide bonds. The van der Waals surface area contributed by atoms with E-state index in [1.807, 2.05) is 6.07 Å². The van der Waals surface area contributed by atoms with Crippen molar-refractivity contribution >= 4 is 28.5 Å². The van der Waals surface area contributed by atoms with Gasteiger partial charge in [0.2, 0.25) is 0 Å². The Morgan fingerprint density at radius 3 is 3.03 bits per heavy atom. The van der Waals surface area contributed by atoms with Gasteiger partial charge in [-0.3, -0.25) is 4.90 Å². The number of halogens is 2. The van der Waals surface area contributed by atoms with E-state index in [0.29, 0.717) is 34.9 Å². The van der Waals surface area contributed by atoms with Crippen molar-refractivity contribution in [2.45, 2.75) is 33.1 Å². The molecular weight excluding hydrogens is 451 g/mol. The van der Waals surface area contributed by atoms with Gasteiger partial charge in [-0.2, -0.15) is 0 Å². The highest BCUT2D eigenvalue weighted by atomic mass is 35.5. The number of piperidine rings is 1. The van der Waals surface area contributed by atoms with Crippen LogP contribution in [0, 0.1) is 17.7 Å². The maximum absolute atomic E-state index is 14.5. The number of aromatic nitrogens is 4. The smallest absolute Gasteiger partial charge is 0.183 e. The normalized spacial score (nSPS) is 21.4. The van der Waals surface area contributed by atoms with Crippen molar-refractivity contribution in [1.82, 2.24) is 24.8 Å². The van der Waals surface area contributed by atoms with Crippen molar-refractivity contribution in [3.05, 3.63) is 58.8 Å². The highest BCUT2D eigenvalue weighted by molar-refractivity contribution is 6.31. The summed E-state index contributed by atoms with van der Waals surface area (Å²) >= 11 is 6.11. The SMILES string of the molecule is CC1=CC(CN2CCCC(CNc3nc(-c4c[nH]c5ncc(Cl)cc45)ncc3F)C2)=CCC1C. The molecule has 34 heavy (non-hydrogen) atoms. The van der Waals surface area contributed by atoms with Crippen LogP contribution in [0.3, 0.4) is 0 Å². The summed E-state index contributed by atoms with van der Waals surface area (Å²) in [5.74, 6) is 1.30. The van der Waals surface area contributed by atoms with Gasteiger partial charge < -0.3 is 10.3 Å². The number of aromatic amines is 1. The Labute approximate surface area is 204 Å². The number of anilines is 1. The van der Waals surface area contributed by atoms with Gasteiger partial charge in [-0.05, 0) is 56.2 Å². The number of fused-ring (bicyclic) bond motifs is 1. The van der Waals surface area contributed by atoms with Crippen LogP contribution in [0.25, 0.3) is 22.4 Å². The predicted molar refractivity (Wildman–Crippen MR) is 135 cm³/mol. The van der Waals surface area contributed by atoms with E-state index in [9.17, 15) is 4.39 Å². The van der Waals surface area contributed by atoms with Crippen LogP contribution in [0.1, 0.15) is 33.1 Å². The van der Waals surface area contributed by atoms with Gasteiger partial charge in [0.25, 0.3) is 0 Å². The third-order valence-corrected chi connectivity index (χ3v) is 7.18. The summed E-state index contributed by atoms with van der Waals surface area (Å²) in [5.41, 5.74) is 4.33. The maximum Gasteiger partial charge on any atom is 0.183 e. The molecule has 2 atom stereocenters. The van der Waals surface area contributed by atoms with Crippen molar-refractivity contribution in [2.24, 2.45) is 11.8 Å². The number of likely N-dealkylation sites (tertiary alicyclic amines) is 1. The Morgan fingerprint density at radius 2 is 2.18 bits per heavy atom. The van der Waals surface area contributed by atoms with Crippen LogP contribution in [-0.4, -0.2) is 51.0 Å². The lowest BCUT2D eigenvalue weighted by molar-refractivity contribution is 0.194. The van der Waals surface area contributed by atoms with Crippen LogP contribution in [0.2, 0.25) is 5.02 Å². The molecule has 1 fully saturated rings. The van der Waals surface area contributed by atoms with E-state index in [2.05, 4.69) is 56.2 Å². The van der Waals surface area contributed by atoms with Gasteiger partial charge >= 0.3 is 0 Å². The molecule has 6 nitrogen and oxygen atoms in total. The molecule has 5 rings (SSSR count). The molecule has 178 valence electrons. The maximum atomic E-state index is 14.5. The molecule has 0 saturated carbocycles. The minimum atomic E-state index is -0.450. The minimum Gasteiger partial charge on any atom is -0.367 e. The first-order valence-corrected chi connectivity index (χ1v) is 12.3. The number of hydrogen-bond acceptors (Lipinski definition) is 5. The molecule has 0 bridgehead atoms. The first kappa shape index (κ1) is 23.0. The van der Waals surface area contributed by atoms with E-state index < -0.39 is 5.82 Å². The third-order valence-electron chi connectivity index (χ3n) is 6.97. The Morgan fingerprint density at radius 1 is 1.29 bits per heavy atom. The summed E-state index contributed by atoms with van der Waals surface area (Å²) < 4.78 is 14.5. The minimum absolute atomic E-state index is 0.231. The molecule has 4 heterocycles. The number of hydrogen-bond donors (Lipinski definition) is 2. The topological polar surface area (TPSA) is 69.7 Å². The van der Waals surface area contributed by atoms with Crippen molar-refractivity contribution in [2.75, 3.05) is 31.5 Å². The van der Waals surface area contributed by atoms with Crippen LogP contribution < -0.4 is 5.32 Å². The quantitative estimate of drug-likeness (QED) is 0.463. The summed E-state index contributed by atoms with van der Waals surface area (Å²) in [6, 6.07) is 1.81. The van der Waals surface area contributed by atoms with E-state index in [1.54, 1.807) is 12.4 Å². The number of H-pyrrole nitrogens is 1. The molecule has 3 aromatic rings. The van der Waals surface area contributed by atoms with Crippen LogP contribution in [0.4, 0.5) is 10.2 Å². The van der Waals surface area contributed by atoms with E-state index >= 15 is 0 Å². The number of nitrogens with one attached hydrogen (secondary N) is 2. The van der Waals surface area contributed by atoms with Gasteiger partial charge in [0.1, 0.15) is 5.65 Å². The molecule has 1 saturated heterocycles. The van der Waals surface area contributed by atoms with Crippen LogP contribution >= 0.6 is 11.6 Å². The first-order valence-electron chi connectivity index (χ1n) is 11.9. The van der Waals surface area contributed by atoms with E-state index in [4.69, 9.17) is 11.6 Å². The summed E-state index contributed by atoms with van der Waals surface area (Å²) in [6.45, 7) is 8.29.